The molecule has 0 spiro atoms. The molecule has 0 aliphatic carbocycles. The van der Waals surface area contributed by atoms with E-state index in [9.17, 15) is 9.18 Å². The SMILES string of the molecule is CC1CCCNC1.NC(=O)c1cc2ccc(F)c(Cl)c2s1. The number of thiophene rings is 1. The Balaban J connectivity index is 0.000000194. The molecule has 1 unspecified atom stereocenters. The minimum Gasteiger partial charge on any atom is -0.365 e. The van der Waals surface area contributed by atoms with Crippen molar-refractivity contribution in [3.8, 4) is 0 Å². The zero-order valence-corrected chi connectivity index (χ0v) is 13.4. The minimum absolute atomic E-state index is 0.0417. The predicted molar refractivity (Wildman–Crippen MR) is 86.6 cm³/mol. The Hall–Kier alpha value is -1.17. The molecule has 6 heteroatoms. The van der Waals surface area contributed by atoms with Gasteiger partial charge in [-0.1, -0.05) is 24.6 Å². The first-order chi connectivity index (χ1) is 9.99. The number of piperidine rings is 1. The molecule has 1 aliphatic rings. The van der Waals surface area contributed by atoms with Crippen LogP contribution in [0.15, 0.2) is 18.2 Å². The van der Waals surface area contributed by atoms with Gasteiger partial charge in [0.15, 0.2) is 0 Å². The molecule has 3 rings (SSSR count). The second kappa shape index (κ2) is 7.20. The fourth-order valence-electron chi connectivity index (χ4n) is 2.19. The number of amides is 1. The van der Waals surface area contributed by atoms with Crippen LogP contribution in [0, 0.1) is 11.7 Å². The van der Waals surface area contributed by atoms with Crippen LogP contribution < -0.4 is 11.1 Å². The van der Waals surface area contributed by atoms with Crippen LogP contribution in [0.2, 0.25) is 5.02 Å². The van der Waals surface area contributed by atoms with Crippen molar-refractivity contribution in [3.63, 3.8) is 0 Å². The second-order valence-electron chi connectivity index (χ2n) is 5.21. The monoisotopic (exact) mass is 328 g/mol. The molecular formula is C15H18ClFN2OS. The third kappa shape index (κ3) is 4.15. The van der Waals surface area contributed by atoms with E-state index in [4.69, 9.17) is 17.3 Å². The van der Waals surface area contributed by atoms with E-state index in [1.54, 1.807) is 12.1 Å². The van der Waals surface area contributed by atoms with E-state index < -0.39 is 11.7 Å². The minimum atomic E-state index is -0.525. The summed E-state index contributed by atoms with van der Waals surface area (Å²) >= 11 is 6.83. The number of primary amides is 1. The number of benzene rings is 1. The van der Waals surface area contributed by atoms with Gasteiger partial charge in [0, 0.05) is 0 Å². The van der Waals surface area contributed by atoms with Crippen LogP contribution in [-0.2, 0) is 0 Å². The Morgan fingerprint density at radius 3 is 2.81 bits per heavy atom. The van der Waals surface area contributed by atoms with Crippen molar-refractivity contribution in [1.29, 1.82) is 0 Å². The molecule has 2 aromatic rings. The topological polar surface area (TPSA) is 55.1 Å². The number of hydrogen-bond donors (Lipinski definition) is 2. The molecule has 21 heavy (non-hydrogen) atoms. The lowest BCUT2D eigenvalue weighted by atomic mass is 10.0. The summed E-state index contributed by atoms with van der Waals surface area (Å²) in [5.41, 5.74) is 5.10. The summed E-state index contributed by atoms with van der Waals surface area (Å²) < 4.78 is 13.6. The highest BCUT2D eigenvalue weighted by atomic mass is 35.5. The number of rotatable bonds is 1. The van der Waals surface area contributed by atoms with Crippen LogP contribution in [0.4, 0.5) is 4.39 Å². The van der Waals surface area contributed by atoms with Gasteiger partial charge >= 0.3 is 0 Å². The van der Waals surface area contributed by atoms with Crippen LogP contribution in [0.5, 0.6) is 0 Å². The molecule has 1 aliphatic heterocycles. The third-order valence-corrected chi connectivity index (χ3v) is 5.03. The molecule has 0 radical (unpaired) electrons. The van der Waals surface area contributed by atoms with Gasteiger partial charge in [0.2, 0.25) is 0 Å². The first-order valence-electron chi connectivity index (χ1n) is 6.87. The van der Waals surface area contributed by atoms with Crippen molar-refractivity contribution < 1.29 is 9.18 Å². The highest BCUT2D eigenvalue weighted by Gasteiger charge is 2.11. The largest absolute Gasteiger partial charge is 0.365 e. The molecule has 3 N–H and O–H groups in total. The highest BCUT2D eigenvalue weighted by molar-refractivity contribution is 7.21. The maximum Gasteiger partial charge on any atom is 0.258 e. The van der Waals surface area contributed by atoms with Crippen molar-refractivity contribution in [2.45, 2.75) is 19.8 Å². The van der Waals surface area contributed by atoms with Gasteiger partial charge in [-0.25, -0.2) is 4.39 Å². The summed E-state index contributed by atoms with van der Waals surface area (Å²) in [5.74, 6) is -0.0894. The van der Waals surface area contributed by atoms with E-state index in [1.807, 2.05) is 0 Å². The number of halogens is 2. The second-order valence-corrected chi connectivity index (χ2v) is 6.64. The first kappa shape index (κ1) is 16.2. The summed E-state index contributed by atoms with van der Waals surface area (Å²) in [4.78, 5) is 11.2. The average Bonchev–Trinajstić information content (AvgIpc) is 2.90. The van der Waals surface area contributed by atoms with Crippen molar-refractivity contribution in [1.82, 2.24) is 5.32 Å². The highest BCUT2D eigenvalue weighted by Crippen LogP contribution is 2.33. The molecule has 2 heterocycles. The lowest BCUT2D eigenvalue weighted by Crippen LogP contribution is -2.27. The molecule has 1 fully saturated rings. The van der Waals surface area contributed by atoms with Crippen molar-refractivity contribution in [3.05, 3.63) is 33.9 Å². The number of carbonyl (C=O) groups excluding carboxylic acids is 1. The zero-order chi connectivity index (χ0) is 15.4. The fraction of sp³-hybridized carbons (Fsp3) is 0.400. The Morgan fingerprint density at radius 1 is 1.52 bits per heavy atom. The number of fused-ring (bicyclic) bond motifs is 1. The summed E-state index contributed by atoms with van der Waals surface area (Å²) in [6.07, 6.45) is 2.80. The Labute approximate surface area is 132 Å². The maximum absolute atomic E-state index is 13.0. The van der Waals surface area contributed by atoms with Crippen molar-refractivity contribution in [2.24, 2.45) is 11.7 Å². The first-order valence-corrected chi connectivity index (χ1v) is 8.06. The molecule has 0 saturated carbocycles. The van der Waals surface area contributed by atoms with E-state index in [0.717, 1.165) is 22.6 Å². The normalized spacial score (nSPS) is 18.1. The van der Waals surface area contributed by atoms with Gasteiger partial charge < -0.3 is 11.1 Å². The van der Waals surface area contributed by atoms with E-state index in [2.05, 4.69) is 12.2 Å². The Kier molecular flexibility index (Phi) is 5.56. The van der Waals surface area contributed by atoms with E-state index >= 15 is 0 Å². The van der Waals surface area contributed by atoms with Gasteiger partial charge in [0.05, 0.1) is 14.6 Å². The molecule has 1 atom stereocenters. The number of carbonyl (C=O) groups is 1. The number of nitrogens with one attached hydrogen (secondary N) is 1. The summed E-state index contributed by atoms with van der Waals surface area (Å²) in [6.45, 7) is 4.77. The molecule has 0 bridgehead atoms. The molecular weight excluding hydrogens is 311 g/mol. The van der Waals surface area contributed by atoms with Crippen LogP contribution in [0.25, 0.3) is 10.1 Å². The summed E-state index contributed by atoms with van der Waals surface area (Å²) in [7, 11) is 0. The average molecular weight is 329 g/mol. The Bertz CT molecular complexity index is 638. The molecule has 114 valence electrons. The number of nitrogens with two attached hydrogens (primary N) is 1. The summed E-state index contributed by atoms with van der Waals surface area (Å²) in [5, 5.41) is 4.11. The van der Waals surface area contributed by atoms with Gasteiger partial charge in [-0.2, -0.15) is 0 Å². The van der Waals surface area contributed by atoms with Crippen molar-refractivity contribution in [2.75, 3.05) is 13.1 Å². The molecule has 3 nitrogen and oxygen atoms in total. The van der Waals surface area contributed by atoms with Gasteiger partial charge in [-0.05, 0) is 49.4 Å². The van der Waals surface area contributed by atoms with E-state index in [1.165, 1.54) is 32.0 Å². The lowest BCUT2D eigenvalue weighted by Gasteiger charge is -2.17. The fourth-order valence-corrected chi connectivity index (χ4v) is 3.42. The predicted octanol–water partition coefficient (Wildman–Crippen LogP) is 3.80. The van der Waals surface area contributed by atoms with E-state index in [-0.39, 0.29) is 5.02 Å². The van der Waals surface area contributed by atoms with Crippen LogP contribution >= 0.6 is 22.9 Å². The molecule has 1 amide bonds. The van der Waals surface area contributed by atoms with Gasteiger partial charge in [0.1, 0.15) is 5.82 Å². The van der Waals surface area contributed by atoms with E-state index in [0.29, 0.717) is 9.58 Å². The quantitative estimate of drug-likeness (QED) is 0.836. The molecule has 1 aromatic heterocycles. The Morgan fingerprint density at radius 2 is 2.29 bits per heavy atom. The third-order valence-electron chi connectivity index (χ3n) is 3.37. The molecule has 1 saturated heterocycles. The standard InChI is InChI=1S/C9H5ClFNOS.C6H13N/c10-7-5(11)2-1-4-3-6(9(12)13)14-8(4)7;1-6-3-2-4-7-5-6/h1-3H,(H2,12,13);6-7H,2-5H2,1H3. The van der Waals surface area contributed by atoms with Gasteiger partial charge in [0.25, 0.3) is 5.91 Å². The van der Waals surface area contributed by atoms with Gasteiger partial charge in [-0.3, -0.25) is 4.79 Å². The maximum atomic E-state index is 13.0. The van der Waals surface area contributed by atoms with Crippen LogP contribution in [0.1, 0.15) is 29.4 Å². The van der Waals surface area contributed by atoms with Crippen molar-refractivity contribution >= 4 is 38.9 Å². The smallest absolute Gasteiger partial charge is 0.258 e. The summed E-state index contributed by atoms with van der Waals surface area (Å²) in [6, 6.07) is 4.44. The van der Waals surface area contributed by atoms with Crippen LogP contribution in [0.3, 0.4) is 0 Å². The van der Waals surface area contributed by atoms with Gasteiger partial charge in [-0.15, -0.1) is 11.3 Å². The molecule has 1 aromatic carbocycles. The lowest BCUT2D eigenvalue weighted by molar-refractivity contribution is 0.100. The number of hydrogen-bond acceptors (Lipinski definition) is 3. The zero-order valence-electron chi connectivity index (χ0n) is 11.8. The van der Waals surface area contributed by atoms with Crippen LogP contribution in [-0.4, -0.2) is 19.0 Å².